The SMILES string of the molecule is O=[N+]([O-])c1cnc(N=NC2=CC=C3C(=Nc4c(CCO)cccc43)C2)s1. The van der Waals surface area contributed by atoms with Gasteiger partial charge in [0.25, 0.3) is 0 Å². The number of hydrogen-bond donors (Lipinski definition) is 1. The van der Waals surface area contributed by atoms with E-state index in [9.17, 15) is 15.2 Å². The lowest BCUT2D eigenvalue weighted by molar-refractivity contribution is -0.380. The first-order chi connectivity index (χ1) is 12.7. The zero-order valence-electron chi connectivity index (χ0n) is 13.5. The molecule has 1 N–H and O–H groups in total. The summed E-state index contributed by atoms with van der Waals surface area (Å²) in [6.07, 6.45) is 6.09. The minimum atomic E-state index is -0.500. The van der Waals surface area contributed by atoms with Crippen molar-refractivity contribution in [2.24, 2.45) is 15.2 Å². The molecule has 0 radical (unpaired) electrons. The number of nitrogens with zero attached hydrogens (tertiary/aromatic N) is 5. The summed E-state index contributed by atoms with van der Waals surface area (Å²) in [5.74, 6) is 0. The van der Waals surface area contributed by atoms with Crippen LogP contribution in [0.25, 0.3) is 5.57 Å². The fourth-order valence-electron chi connectivity index (χ4n) is 2.91. The normalized spacial score (nSPS) is 15.3. The van der Waals surface area contributed by atoms with Crippen molar-refractivity contribution >= 4 is 38.4 Å². The molecule has 0 saturated heterocycles. The second-order valence-corrected chi connectivity index (χ2v) is 6.69. The van der Waals surface area contributed by atoms with Crippen LogP contribution in [0.1, 0.15) is 17.5 Å². The second kappa shape index (κ2) is 6.70. The Kier molecular flexibility index (Phi) is 4.23. The minimum Gasteiger partial charge on any atom is -0.396 e. The standard InChI is InChI=1S/C17H13N5O3S/c23-7-6-10-2-1-3-13-12-5-4-11(8-14(12)19-16(10)13)20-21-17-18-9-15(26-17)22(24)25/h1-5,9,23H,6-8H2. The predicted molar refractivity (Wildman–Crippen MR) is 98.3 cm³/mol. The van der Waals surface area contributed by atoms with E-state index in [1.54, 1.807) is 0 Å². The molecular formula is C17H13N5O3S. The molecule has 1 aromatic carbocycles. The van der Waals surface area contributed by atoms with Crippen LogP contribution in [0.15, 0.2) is 57.5 Å². The Morgan fingerprint density at radius 2 is 2.19 bits per heavy atom. The molecule has 0 fully saturated rings. The third kappa shape index (κ3) is 2.98. The number of nitro groups is 1. The highest BCUT2D eigenvalue weighted by Gasteiger charge is 2.25. The van der Waals surface area contributed by atoms with E-state index in [0.717, 1.165) is 39.4 Å². The summed E-state index contributed by atoms with van der Waals surface area (Å²) in [7, 11) is 0. The molecule has 130 valence electrons. The average molecular weight is 367 g/mol. The summed E-state index contributed by atoms with van der Waals surface area (Å²) in [6.45, 7) is 0.0814. The Morgan fingerprint density at radius 1 is 1.31 bits per heavy atom. The van der Waals surface area contributed by atoms with E-state index in [4.69, 9.17) is 4.99 Å². The highest BCUT2D eigenvalue weighted by Crippen LogP contribution is 2.41. The van der Waals surface area contributed by atoms with Crippen LogP contribution < -0.4 is 0 Å². The number of azo groups is 1. The number of aromatic nitrogens is 1. The number of aliphatic imine (C=N–C) groups is 1. The highest BCUT2D eigenvalue weighted by atomic mass is 32.1. The van der Waals surface area contributed by atoms with E-state index >= 15 is 0 Å². The largest absolute Gasteiger partial charge is 0.396 e. The molecule has 9 heteroatoms. The summed E-state index contributed by atoms with van der Waals surface area (Å²) >= 11 is 0.879. The van der Waals surface area contributed by atoms with Gasteiger partial charge < -0.3 is 5.11 Å². The van der Waals surface area contributed by atoms with E-state index in [1.165, 1.54) is 6.20 Å². The van der Waals surface area contributed by atoms with E-state index in [-0.39, 0.29) is 16.7 Å². The number of hydrogen-bond acceptors (Lipinski definition) is 8. The zero-order valence-corrected chi connectivity index (χ0v) is 14.3. The molecule has 0 atom stereocenters. The maximum Gasteiger partial charge on any atom is 0.345 e. The van der Waals surface area contributed by atoms with Gasteiger partial charge in [-0.05, 0) is 29.4 Å². The Hall–Kier alpha value is -3.04. The van der Waals surface area contributed by atoms with Gasteiger partial charge in [0.1, 0.15) is 6.20 Å². The topological polar surface area (TPSA) is 113 Å². The first-order valence-electron chi connectivity index (χ1n) is 7.89. The van der Waals surface area contributed by atoms with Gasteiger partial charge in [-0.15, -0.1) is 5.11 Å². The number of para-hydroxylation sites is 1. The van der Waals surface area contributed by atoms with Crippen LogP contribution in [0.2, 0.25) is 0 Å². The summed E-state index contributed by atoms with van der Waals surface area (Å²) < 4.78 is 0. The molecule has 26 heavy (non-hydrogen) atoms. The van der Waals surface area contributed by atoms with Crippen molar-refractivity contribution < 1.29 is 10.0 Å². The number of allylic oxidation sites excluding steroid dienone is 4. The van der Waals surface area contributed by atoms with Gasteiger partial charge in [0, 0.05) is 24.2 Å². The van der Waals surface area contributed by atoms with Crippen molar-refractivity contribution in [1.29, 1.82) is 0 Å². The van der Waals surface area contributed by atoms with E-state index in [0.29, 0.717) is 18.5 Å². The minimum absolute atomic E-state index is 0.0641. The van der Waals surface area contributed by atoms with E-state index < -0.39 is 4.92 Å². The predicted octanol–water partition coefficient (Wildman–Crippen LogP) is 4.13. The van der Waals surface area contributed by atoms with Gasteiger partial charge in [-0.2, -0.15) is 5.11 Å². The number of fused-ring (bicyclic) bond motifs is 3. The fraction of sp³-hybridized carbons (Fsp3) is 0.176. The third-order valence-corrected chi connectivity index (χ3v) is 4.90. The maximum absolute atomic E-state index is 10.7. The molecule has 2 aromatic rings. The maximum atomic E-state index is 10.7. The molecular weight excluding hydrogens is 354 g/mol. The van der Waals surface area contributed by atoms with Gasteiger partial charge in [-0.25, -0.2) is 4.98 Å². The monoisotopic (exact) mass is 367 g/mol. The van der Waals surface area contributed by atoms with Crippen LogP contribution >= 0.6 is 11.3 Å². The Morgan fingerprint density at radius 3 is 2.96 bits per heavy atom. The third-order valence-electron chi connectivity index (χ3n) is 4.06. The molecule has 1 aliphatic carbocycles. The molecule has 0 saturated carbocycles. The molecule has 1 aliphatic heterocycles. The van der Waals surface area contributed by atoms with Crippen LogP contribution in [-0.2, 0) is 6.42 Å². The lowest BCUT2D eigenvalue weighted by atomic mass is 9.94. The molecule has 0 amide bonds. The zero-order chi connectivity index (χ0) is 18.1. The van der Waals surface area contributed by atoms with Crippen LogP contribution in [0.3, 0.4) is 0 Å². The lowest BCUT2D eigenvalue weighted by Gasteiger charge is -2.09. The molecule has 0 bridgehead atoms. The van der Waals surface area contributed by atoms with Gasteiger partial charge in [-0.1, -0.05) is 24.3 Å². The number of aliphatic hydroxyl groups is 1. The molecule has 2 heterocycles. The van der Waals surface area contributed by atoms with E-state index in [2.05, 4.69) is 15.2 Å². The summed E-state index contributed by atoms with van der Waals surface area (Å²) in [6, 6.07) is 5.96. The van der Waals surface area contributed by atoms with Crippen molar-refractivity contribution in [2.75, 3.05) is 6.61 Å². The Labute approximate surface area is 152 Å². The Bertz CT molecular complexity index is 1020. The fourth-order valence-corrected chi connectivity index (χ4v) is 3.46. The molecule has 8 nitrogen and oxygen atoms in total. The van der Waals surface area contributed by atoms with Gasteiger partial charge in [-0.3, -0.25) is 15.1 Å². The molecule has 2 aliphatic rings. The van der Waals surface area contributed by atoms with Gasteiger partial charge in [0.05, 0.1) is 22.0 Å². The van der Waals surface area contributed by atoms with Crippen LogP contribution in [0, 0.1) is 10.1 Å². The first-order valence-corrected chi connectivity index (χ1v) is 8.71. The molecule has 1 aromatic heterocycles. The summed E-state index contributed by atoms with van der Waals surface area (Å²) in [4.78, 5) is 18.8. The summed E-state index contributed by atoms with van der Waals surface area (Å²) in [5.41, 5.74) is 5.67. The number of thiazole rings is 1. The first kappa shape index (κ1) is 16.4. The highest BCUT2D eigenvalue weighted by molar-refractivity contribution is 7.18. The van der Waals surface area contributed by atoms with Crippen LogP contribution in [-0.4, -0.2) is 27.3 Å². The average Bonchev–Trinajstić information content (AvgIpc) is 3.25. The van der Waals surface area contributed by atoms with Crippen molar-refractivity contribution in [3.8, 4) is 0 Å². The van der Waals surface area contributed by atoms with Gasteiger partial charge in [0.2, 0.25) is 5.13 Å². The van der Waals surface area contributed by atoms with Crippen molar-refractivity contribution in [2.45, 2.75) is 12.8 Å². The van der Waals surface area contributed by atoms with Gasteiger partial charge >= 0.3 is 5.00 Å². The van der Waals surface area contributed by atoms with Crippen molar-refractivity contribution in [3.05, 3.63) is 63.5 Å². The molecule has 4 rings (SSSR count). The smallest absolute Gasteiger partial charge is 0.345 e. The lowest BCUT2D eigenvalue weighted by Crippen LogP contribution is -2.02. The molecule has 0 unspecified atom stereocenters. The molecule has 0 spiro atoms. The van der Waals surface area contributed by atoms with Crippen molar-refractivity contribution in [1.82, 2.24) is 4.98 Å². The van der Waals surface area contributed by atoms with Gasteiger partial charge in [0.15, 0.2) is 0 Å². The quantitative estimate of drug-likeness (QED) is 0.486. The van der Waals surface area contributed by atoms with Crippen LogP contribution in [0.4, 0.5) is 15.8 Å². The van der Waals surface area contributed by atoms with E-state index in [1.807, 2.05) is 30.4 Å². The van der Waals surface area contributed by atoms with Crippen LogP contribution in [0.5, 0.6) is 0 Å². The number of benzene rings is 1. The number of rotatable bonds is 5. The Balaban J connectivity index is 1.57. The summed E-state index contributed by atoms with van der Waals surface area (Å²) in [5, 5.41) is 28.2. The van der Waals surface area contributed by atoms with Crippen molar-refractivity contribution in [3.63, 3.8) is 0 Å². The number of aliphatic hydroxyl groups excluding tert-OH is 1. The second-order valence-electron chi connectivity index (χ2n) is 5.70.